The molecule has 0 fully saturated rings. The van der Waals surface area contributed by atoms with Crippen molar-refractivity contribution >= 4 is 12.2 Å². The maximum atomic E-state index is 9.87. The molecule has 4 heteroatoms. The topological polar surface area (TPSA) is 70.3 Å². The van der Waals surface area contributed by atoms with E-state index in [0.717, 1.165) is 6.26 Å². The van der Waals surface area contributed by atoms with Crippen LogP contribution in [0.3, 0.4) is 0 Å². The van der Waals surface area contributed by atoms with Gasteiger partial charge < -0.3 is 9.84 Å². The van der Waals surface area contributed by atoms with E-state index in [-0.39, 0.29) is 5.57 Å². The van der Waals surface area contributed by atoms with E-state index in [2.05, 4.69) is 17.9 Å². The number of benzene rings is 1. The second kappa shape index (κ2) is 11.1. The van der Waals surface area contributed by atoms with E-state index in [1.54, 1.807) is 6.07 Å². The number of ether oxygens (including phenoxy) is 1. The van der Waals surface area contributed by atoms with Crippen LogP contribution in [-0.4, -0.2) is 11.3 Å². The third-order valence-electron chi connectivity index (χ3n) is 1.86. The van der Waals surface area contributed by atoms with E-state index in [0.29, 0.717) is 0 Å². The Balaban J connectivity index is 0.000000388. The second-order valence-corrected chi connectivity index (χ2v) is 3.28. The lowest BCUT2D eigenvalue weighted by Gasteiger charge is -1.88. The Bertz CT molecular complexity index is 537. The van der Waals surface area contributed by atoms with Crippen molar-refractivity contribution in [3.05, 3.63) is 79.1 Å². The highest BCUT2D eigenvalue weighted by Crippen LogP contribution is 1.97. The van der Waals surface area contributed by atoms with Crippen LogP contribution in [0.15, 0.2) is 73.6 Å². The molecule has 0 aliphatic carbocycles. The van der Waals surface area contributed by atoms with E-state index in [1.165, 1.54) is 23.8 Å². The van der Waals surface area contributed by atoms with Crippen molar-refractivity contribution in [2.24, 2.45) is 0 Å². The van der Waals surface area contributed by atoms with E-state index < -0.39 is 6.16 Å². The summed E-state index contributed by atoms with van der Waals surface area (Å²) in [7, 11) is 0. The highest BCUT2D eigenvalue weighted by atomic mass is 16.7. The summed E-state index contributed by atoms with van der Waals surface area (Å²) in [5, 5.41) is 16.5. The summed E-state index contributed by atoms with van der Waals surface area (Å²) >= 11 is 0. The SMILES string of the molecule is C=CC=CC(C#N)=COC(=O)O.C=Cc1ccccc1. The Hall–Kier alpha value is -3.06. The minimum absolute atomic E-state index is 0.109. The Labute approximate surface area is 118 Å². The van der Waals surface area contributed by atoms with E-state index in [4.69, 9.17) is 10.4 Å². The van der Waals surface area contributed by atoms with Gasteiger partial charge in [-0.05, 0) is 11.6 Å². The van der Waals surface area contributed by atoms with Crippen molar-refractivity contribution in [1.82, 2.24) is 0 Å². The standard InChI is InChI=1S/C8H7NO3.C8H8/c1-2-3-4-7(5-9)6-12-8(10)11;1-2-8-6-4-3-5-7-8/h2-4,6H,1H2,(H,10,11);2-7H,1H2. The van der Waals surface area contributed by atoms with Gasteiger partial charge in [-0.2, -0.15) is 5.26 Å². The van der Waals surface area contributed by atoms with Gasteiger partial charge in [0, 0.05) is 0 Å². The fourth-order valence-corrected chi connectivity index (χ4v) is 0.978. The van der Waals surface area contributed by atoms with Crippen LogP contribution in [0.5, 0.6) is 0 Å². The van der Waals surface area contributed by atoms with Gasteiger partial charge in [0.1, 0.15) is 12.3 Å². The number of hydrogen-bond acceptors (Lipinski definition) is 3. The third kappa shape index (κ3) is 9.02. The molecule has 0 aromatic heterocycles. The fourth-order valence-electron chi connectivity index (χ4n) is 0.978. The Morgan fingerprint density at radius 1 is 1.30 bits per heavy atom. The number of hydrogen-bond donors (Lipinski definition) is 1. The summed E-state index contributed by atoms with van der Waals surface area (Å²) in [4.78, 5) is 9.87. The van der Waals surface area contributed by atoms with E-state index >= 15 is 0 Å². The first kappa shape index (κ1) is 16.9. The van der Waals surface area contributed by atoms with Crippen molar-refractivity contribution in [1.29, 1.82) is 5.26 Å². The Morgan fingerprint density at radius 3 is 2.35 bits per heavy atom. The van der Waals surface area contributed by atoms with Crippen molar-refractivity contribution in [2.45, 2.75) is 0 Å². The average molecular weight is 269 g/mol. The average Bonchev–Trinajstić information content (AvgIpc) is 2.49. The number of rotatable bonds is 4. The summed E-state index contributed by atoms with van der Waals surface area (Å²) in [6, 6.07) is 11.8. The monoisotopic (exact) mass is 269 g/mol. The Kier molecular flexibility index (Phi) is 9.36. The summed E-state index contributed by atoms with van der Waals surface area (Å²) in [6.45, 7) is 7.01. The summed E-state index contributed by atoms with van der Waals surface area (Å²) in [5.41, 5.74) is 1.28. The highest BCUT2D eigenvalue weighted by molar-refractivity contribution is 5.58. The molecule has 0 saturated carbocycles. The fraction of sp³-hybridized carbons (Fsp3) is 0. The van der Waals surface area contributed by atoms with Crippen LogP contribution in [0.2, 0.25) is 0 Å². The number of nitrogens with zero attached hydrogens (tertiary/aromatic N) is 1. The molecular formula is C16H15NO3. The van der Waals surface area contributed by atoms with Crippen molar-refractivity contribution in [2.75, 3.05) is 0 Å². The van der Waals surface area contributed by atoms with Crippen molar-refractivity contribution < 1.29 is 14.6 Å². The van der Waals surface area contributed by atoms with Gasteiger partial charge in [0.15, 0.2) is 0 Å². The molecule has 0 saturated heterocycles. The smallest absolute Gasteiger partial charge is 0.449 e. The minimum atomic E-state index is -1.45. The van der Waals surface area contributed by atoms with Crippen LogP contribution in [0, 0.1) is 11.3 Å². The zero-order valence-electron chi connectivity index (χ0n) is 10.9. The Morgan fingerprint density at radius 2 is 1.95 bits per heavy atom. The number of carbonyl (C=O) groups is 1. The molecule has 20 heavy (non-hydrogen) atoms. The largest absolute Gasteiger partial charge is 0.510 e. The predicted molar refractivity (Wildman–Crippen MR) is 78.7 cm³/mol. The second-order valence-electron chi connectivity index (χ2n) is 3.28. The molecule has 1 aromatic rings. The van der Waals surface area contributed by atoms with Crippen LogP contribution in [0.25, 0.3) is 6.08 Å². The molecule has 0 unspecified atom stereocenters. The molecule has 0 aliphatic heterocycles. The van der Waals surface area contributed by atoms with Crippen LogP contribution in [-0.2, 0) is 4.74 Å². The highest BCUT2D eigenvalue weighted by Gasteiger charge is 1.93. The van der Waals surface area contributed by atoms with Crippen LogP contribution >= 0.6 is 0 Å². The molecule has 1 aromatic carbocycles. The zero-order chi connectivity index (χ0) is 15.2. The van der Waals surface area contributed by atoms with Crippen LogP contribution < -0.4 is 0 Å². The number of nitriles is 1. The van der Waals surface area contributed by atoms with Crippen LogP contribution in [0.4, 0.5) is 4.79 Å². The van der Waals surface area contributed by atoms with Crippen LogP contribution in [0.1, 0.15) is 5.56 Å². The summed E-state index contributed by atoms with van der Waals surface area (Å²) in [5.74, 6) is 0. The quantitative estimate of drug-likeness (QED) is 0.385. The zero-order valence-corrected chi connectivity index (χ0v) is 10.9. The van der Waals surface area contributed by atoms with Gasteiger partial charge in [0.05, 0.1) is 5.57 Å². The van der Waals surface area contributed by atoms with Crippen molar-refractivity contribution in [3.63, 3.8) is 0 Å². The van der Waals surface area contributed by atoms with E-state index in [9.17, 15) is 4.79 Å². The molecule has 0 bridgehead atoms. The van der Waals surface area contributed by atoms with E-state index in [1.807, 2.05) is 36.4 Å². The molecular weight excluding hydrogens is 254 g/mol. The normalized spacial score (nSPS) is 9.85. The van der Waals surface area contributed by atoms with Gasteiger partial charge in [0.25, 0.3) is 0 Å². The lowest BCUT2D eigenvalue weighted by molar-refractivity contribution is 0.128. The molecule has 1 rings (SSSR count). The lowest BCUT2D eigenvalue weighted by Crippen LogP contribution is -1.92. The third-order valence-corrected chi connectivity index (χ3v) is 1.86. The van der Waals surface area contributed by atoms with Gasteiger partial charge >= 0.3 is 6.16 Å². The number of carboxylic acid groups (broad SMARTS) is 1. The summed E-state index contributed by atoms with van der Waals surface area (Å²) in [6.07, 6.45) is 5.58. The molecule has 4 nitrogen and oxygen atoms in total. The molecule has 0 spiro atoms. The lowest BCUT2D eigenvalue weighted by atomic mass is 10.2. The van der Waals surface area contributed by atoms with Gasteiger partial charge in [-0.25, -0.2) is 4.79 Å². The first-order valence-corrected chi connectivity index (χ1v) is 5.60. The molecule has 0 heterocycles. The first-order chi connectivity index (χ1) is 9.63. The molecule has 0 atom stereocenters. The summed E-state index contributed by atoms with van der Waals surface area (Å²) < 4.78 is 4.04. The van der Waals surface area contributed by atoms with Gasteiger partial charge in [-0.3, -0.25) is 0 Å². The van der Waals surface area contributed by atoms with Gasteiger partial charge in [-0.1, -0.05) is 61.7 Å². The molecule has 0 radical (unpaired) electrons. The molecule has 1 N–H and O–H groups in total. The van der Waals surface area contributed by atoms with Crippen molar-refractivity contribution in [3.8, 4) is 6.07 Å². The number of allylic oxidation sites excluding steroid dienone is 4. The predicted octanol–water partition coefficient (Wildman–Crippen LogP) is 4.16. The maximum Gasteiger partial charge on any atom is 0.510 e. The first-order valence-electron chi connectivity index (χ1n) is 5.60. The van der Waals surface area contributed by atoms with Gasteiger partial charge in [-0.15, -0.1) is 0 Å². The minimum Gasteiger partial charge on any atom is -0.449 e. The van der Waals surface area contributed by atoms with Gasteiger partial charge in [0.2, 0.25) is 0 Å². The maximum absolute atomic E-state index is 9.87. The molecule has 0 aliphatic rings. The molecule has 102 valence electrons. The molecule has 0 amide bonds.